The first-order valence-electron chi connectivity index (χ1n) is 11.3. The van der Waals surface area contributed by atoms with Gasteiger partial charge in [0.05, 0.1) is 23.0 Å². The number of hydrogen-bond acceptors (Lipinski definition) is 7. The van der Waals surface area contributed by atoms with Crippen molar-refractivity contribution in [1.29, 1.82) is 10.5 Å². The van der Waals surface area contributed by atoms with Gasteiger partial charge in [-0.1, -0.05) is 58.5 Å². The van der Waals surface area contributed by atoms with Crippen LogP contribution in [0.25, 0.3) is 0 Å². The molecule has 0 unspecified atom stereocenters. The Labute approximate surface area is 206 Å². The van der Waals surface area contributed by atoms with E-state index in [0.717, 1.165) is 33.3 Å². The van der Waals surface area contributed by atoms with Gasteiger partial charge >= 0.3 is 0 Å². The zero-order valence-corrected chi connectivity index (χ0v) is 21.7. The number of ether oxygens (including phenoxy) is 2. The van der Waals surface area contributed by atoms with Gasteiger partial charge in [-0.2, -0.15) is 10.5 Å². The summed E-state index contributed by atoms with van der Waals surface area (Å²) < 4.78 is 12.4. The van der Waals surface area contributed by atoms with E-state index >= 15 is 0 Å². The number of nitrogen functional groups attached to an aromatic ring is 1. The molecule has 0 amide bonds. The summed E-state index contributed by atoms with van der Waals surface area (Å²) in [7, 11) is 0. The lowest BCUT2D eigenvalue weighted by atomic mass is 10.1. The minimum absolute atomic E-state index is 0.221. The first-order valence-corrected chi connectivity index (χ1v) is 13.1. The van der Waals surface area contributed by atoms with Crippen LogP contribution in [-0.2, 0) is 0 Å². The number of nitrogens with two attached hydrogens (primary N) is 1. The Bertz CT molecular complexity index is 1020. The molecule has 0 radical (unpaired) electrons. The third-order valence-electron chi connectivity index (χ3n) is 4.85. The molecule has 5 nitrogen and oxygen atoms in total. The highest BCUT2D eigenvalue weighted by molar-refractivity contribution is 8.02. The summed E-state index contributed by atoms with van der Waals surface area (Å²) in [5.74, 6) is 2.60. The summed E-state index contributed by atoms with van der Waals surface area (Å²) in [4.78, 5) is 2.47. The van der Waals surface area contributed by atoms with Gasteiger partial charge in [0.2, 0.25) is 0 Å². The molecule has 0 aromatic heterocycles. The maximum Gasteiger partial charge on any atom is 0.153 e. The smallest absolute Gasteiger partial charge is 0.153 e. The summed E-state index contributed by atoms with van der Waals surface area (Å²) in [5.41, 5.74) is 7.35. The van der Waals surface area contributed by atoms with Gasteiger partial charge in [-0.15, -0.1) is 11.8 Å². The topological polar surface area (TPSA) is 92.1 Å². The Morgan fingerprint density at radius 3 is 1.85 bits per heavy atom. The molecule has 0 aliphatic rings. The maximum atomic E-state index is 10.1. The van der Waals surface area contributed by atoms with E-state index in [1.54, 1.807) is 11.8 Å². The third kappa shape index (κ3) is 7.25. The lowest BCUT2D eigenvalue weighted by Crippen LogP contribution is -2.09. The van der Waals surface area contributed by atoms with Crippen molar-refractivity contribution >= 4 is 29.2 Å². The summed E-state index contributed by atoms with van der Waals surface area (Å²) in [5, 5.41) is 20.1. The Hall–Kier alpha value is -2.48. The molecule has 0 heterocycles. The van der Waals surface area contributed by atoms with Crippen molar-refractivity contribution in [2.75, 3.05) is 24.7 Å². The molecule has 0 saturated heterocycles. The quantitative estimate of drug-likeness (QED) is 0.254. The number of nitriles is 2. The zero-order chi connectivity index (χ0) is 24.4. The second kappa shape index (κ2) is 13.3. The van der Waals surface area contributed by atoms with Gasteiger partial charge < -0.3 is 15.2 Å². The molecule has 2 rings (SSSR count). The van der Waals surface area contributed by atoms with E-state index in [1.807, 2.05) is 24.3 Å². The highest BCUT2D eigenvalue weighted by atomic mass is 32.2. The third-order valence-corrected chi connectivity index (χ3v) is 7.13. The van der Waals surface area contributed by atoms with Gasteiger partial charge in [-0.25, -0.2) is 0 Å². The second-order valence-electron chi connectivity index (χ2n) is 8.42. The van der Waals surface area contributed by atoms with E-state index in [2.05, 4.69) is 46.8 Å². The molecule has 0 saturated carbocycles. The van der Waals surface area contributed by atoms with Gasteiger partial charge in [0.15, 0.2) is 11.5 Å². The Balaban J connectivity index is 2.73. The molecule has 0 fully saturated rings. The predicted octanol–water partition coefficient (Wildman–Crippen LogP) is 7.13. The number of nitrogens with zero attached hydrogens (tertiary/aromatic N) is 2. The van der Waals surface area contributed by atoms with E-state index in [-0.39, 0.29) is 11.1 Å². The average molecular weight is 484 g/mol. The minimum atomic E-state index is 0.221. The molecular weight excluding hydrogens is 450 g/mol. The molecule has 33 heavy (non-hydrogen) atoms. The van der Waals surface area contributed by atoms with E-state index < -0.39 is 0 Å². The van der Waals surface area contributed by atoms with Crippen molar-refractivity contribution in [3.8, 4) is 23.6 Å². The number of hydrogen-bond donors (Lipinski definition) is 1. The van der Waals surface area contributed by atoms with Crippen molar-refractivity contribution in [1.82, 2.24) is 0 Å². The number of para-hydroxylation sites is 1. The summed E-state index contributed by atoms with van der Waals surface area (Å²) in [6.07, 6.45) is 1.69. The Morgan fingerprint density at radius 2 is 1.39 bits per heavy atom. The van der Waals surface area contributed by atoms with Crippen LogP contribution < -0.4 is 15.2 Å². The number of thioether (sulfide) groups is 1. The first-order chi connectivity index (χ1) is 15.8. The van der Waals surface area contributed by atoms with E-state index in [0.29, 0.717) is 42.2 Å². The molecule has 7 heteroatoms. The van der Waals surface area contributed by atoms with Crippen molar-refractivity contribution in [2.45, 2.75) is 62.1 Å². The molecule has 0 spiro atoms. The molecule has 2 N–H and O–H groups in total. The SMILES string of the molecule is CCSc1c(OCCC(C)C)c(C#N)c(C#N)c(OCCC(C)C)c1Sc1ccccc1N. The first kappa shape index (κ1) is 26.8. The normalized spacial score (nSPS) is 10.8. The lowest BCUT2D eigenvalue weighted by Gasteiger charge is -2.22. The van der Waals surface area contributed by atoms with Crippen LogP contribution in [0.15, 0.2) is 39.0 Å². The highest BCUT2D eigenvalue weighted by Gasteiger charge is 2.28. The van der Waals surface area contributed by atoms with Gasteiger partial charge in [0.25, 0.3) is 0 Å². The molecule has 176 valence electrons. The molecule has 0 bridgehead atoms. The van der Waals surface area contributed by atoms with Crippen molar-refractivity contribution in [3.63, 3.8) is 0 Å². The molecule has 0 aliphatic heterocycles. The number of rotatable bonds is 12. The average Bonchev–Trinajstić information content (AvgIpc) is 2.77. The molecule has 0 atom stereocenters. The van der Waals surface area contributed by atoms with Crippen LogP contribution in [0.2, 0.25) is 0 Å². The maximum absolute atomic E-state index is 10.1. The number of anilines is 1. The van der Waals surface area contributed by atoms with Gasteiger partial charge in [-0.3, -0.25) is 0 Å². The van der Waals surface area contributed by atoms with Crippen molar-refractivity contribution in [3.05, 3.63) is 35.4 Å². The minimum Gasteiger partial charge on any atom is -0.491 e. The van der Waals surface area contributed by atoms with E-state index in [1.165, 1.54) is 11.8 Å². The summed E-state index contributed by atoms with van der Waals surface area (Å²) >= 11 is 3.05. The van der Waals surface area contributed by atoms with Crippen molar-refractivity contribution < 1.29 is 9.47 Å². The van der Waals surface area contributed by atoms with Crippen LogP contribution in [0.3, 0.4) is 0 Å². The molecule has 2 aromatic rings. The summed E-state index contributed by atoms with van der Waals surface area (Å²) in [6.45, 7) is 11.5. The zero-order valence-electron chi connectivity index (χ0n) is 20.1. The lowest BCUT2D eigenvalue weighted by molar-refractivity contribution is 0.269. The standard InChI is InChI=1S/C26H33N3O2S2/c1-6-32-25-23(30-13-11-17(2)3)19(15-27)20(16-28)24(31-14-12-18(4)5)26(25)33-22-10-8-7-9-21(22)29/h7-10,17-18H,6,11-14,29H2,1-5H3. The van der Waals surface area contributed by atoms with Gasteiger partial charge in [0, 0.05) is 10.6 Å². The van der Waals surface area contributed by atoms with Crippen LogP contribution in [0.4, 0.5) is 5.69 Å². The fourth-order valence-electron chi connectivity index (χ4n) is 2.99. The predicted molar refractivity (Wildman–Crippen MR) is 137 cm³/mol. The number of benzene rings is 2. The van der Waals surface area contributed by atoms with Crippen LogP contribution in [-0.4, -0.2) is 19.0 Å². The second-order valence-corrected chi connectivity index (χ2v) is 10.8. The molecule has 0 aliphatic carbocycles. The van der Waals surface area contributed by atoms with E-state index in [9.17, 15) is 10.5 Å². The fourth-order valence-corrected chi connectivity index (χ4v) is 5.09. The van der Waals surface area contributed by atoms with Gasteiger partial charge in [-0.05, 0) is 42.6 Å². The van der Waals surface area contributed by atoms with Crippen LogP contribution in [0, 0.1) is 34.5 Å². The largest absolute Gasteiger partial charge is 0.491 e. The Morgan fingerprint density at radius 1 is 0.879 bits per heavy atom. The Kier molecular flexibility index (Phi) is 10.8. The molecule has 2 aromatic carbocycles. The molecular formula is C26H33N3O2S2. The van der Waals surface area contributed by atoms with Crippen molar-refractivity contribution in [2.24, 2.45) is 11.8 Å². The van der Waals surface area contributed by atoms with Crippen LogP contribution in [0.5, 0.6) is 11.5 Å². The van der Waals surface area contributed by atoms with Gasteiger partial charge in [0.1, 0.15) is 23.3 Å². The highest BCUT2D eigenvalue weighted by Crippen LogP contribution is 2.51. The monoisotopic (exact) mass is 483 g/mol. The van der Waals surface area contributed by atoms with E-state index in [4.69, 9.17) is 15.2 Å². The fraction of sp³-hybridized carbons (Fsp3) is 0.462. The van der Waals surface area contributed by atoms with Crippen LogP contribution in [0.1, 0.15) is 58.6 Å². The van der Waals surface area contributed by atoms with Crippen LogP contribution >= 0.6 is 23.5 Å². The summed E-state index contributed by atoms with van der Waals surface area (Å²) in [6, 6.07) is 12.1.